The molecule has 0 fully saturated rings. The van der Waals surface area contributed by atoms with Crippen LogP contribution in [0.5, 0.6) is 5.75 Å². The number of fused-ring (bicyclic) bond motifs is 1. The van der Waals surface area contributed by atoms with Gasteiger partial charge in [-0.3, -0.25) is 0 Å². The highest BCUT2D eigenvalue weighted by Gasteiger charge is 2.36. The Labute approximate surface area is 226 Å². The minimum atomic E-state index is -0.580. The molecular weight excluding hydrogens is 480 g/mol. The number of rotatable bonds is 10. The van der Waals surface area contributed by atoms with Crippen molar-refractivity contribution < 1.29 is 14.3 Å². The number of ether oxygens (including phenoxy) is 2. The topological polar surface area (TPSA) is 62.6 Å². The lowest BCUT2D eigenvalue weighted by Crippen LogP contribution is -2.36. The minimum Gasteiger partial charge on any atom is -0.463 e. The van der Waals surface area contributed by atoms with Gasteiger partial charge in [-0.25, -0.2) is 4.79 Å². The number of esters is 1. The number of nitriles is 1. The summed E-state index contributed by atoms with van der Waals surface area (Å²) < 4.78 is 11.1. The van der Waals surface area contributed by atoms with E-state index in [0.717, 1.165) is 28.6 Å². The quantitative estimate of drug-likeness (QED) is 0.178. The fourth-order valence-electron chi connectivity index (χ4n) is 4.63. The number of anilines is 2. The van der Waals surface area contributed by atoms with Gasteiger partial charge in [0, 0.05) is 22.9 Å². The average Bonchev–Trinajstić information content (AvgIpc) is 3.02. The second-order valence-electron chi connectivity index (χ2n) is 10.8. The Kier molecular flexibility index (Phi) is 10.1. The Morgan fingerprint density at radius 3 is 2.41 bits per heavy atom. The highest BCUT2D eigenvalue weighted by atomic mass is 32.2. The molecule has 0 saturated carbocycles. The smallest absolute Gasteiger partial charge is 0.334 e. The van der Waals surface area contributed by atoms with Gasteiger partial charge in [0.05, 0.1) is 23.6 Å². The lowest BCUT2D eigenvalue weighted by atomic mass is 9.79. The maximum atomic E-state index is 12.1. The van der Waals surface area contributed by atoms with Gasteiger partial charge in [-0.15, -0.1) is 11.8 Å². The molecule has 198 valence electrons. The Morgan fingerprint density at radius 1 is 1.14 bits per heavy atom. The van der Waals surface area contributed by atoms with Crippen LogP contribution in [0.25, 0.3) is 0 Å². The van der Waals surface area contributed by atoms with Crippen LogP contribution in [0.15, 0.2) is 59.7 Å². The molecule has 0 atom stereocenters. The van der Waals surface area contributed by atoms with Gasteiger partial charge in [0.15, 0.2) is 0 Å². The van der Waals surface area contributed by atoms with Gasteiger partial charge in [-0.1, -0.05) is 57.7 Å². The van der Waals surface area contributed by atoms with E-state index < -0.39 is 11.6 Å². The van der Waals surface area contributed by atoms with E-state index in [-0.39, 0.29) is 5.41 Å². The van der Waals surface area contributed by atoms with E-state index in [1.54, 1.807) is 0 Å². The molecule has 0 bridgehead atoms. The molecule has 0 aliphatic carbocycles. The zero-order valence-corrected chi connectivity index (χ0v) is 23.7. The van der Waals surface area contributed by atoms with Crippen LogP contribution in [0.3, 0.4) is 0 Å². The first-order valence-corrected chi connectivity index (χ1v) is 14.3. The molecule has 1 aliphatic heterocycles. The normalized spacial score (nSPS) is 15.1. The van der Waals surface area contributed by atoms with Crippen molar-refractivity contribution in [1.82, 2.24) is 0 Å². The van der Waals surface area contributed by atoms with E-state index in [2.05, 4.69) is 49.1 Å². The van der Waals surface area contributed by atoms with E-state index in [0.29, 0.717) is 11.3 Å². The molecule has 0 aromatic heterocycles. The molecule has 1 aliphatic rings. The van der Waals surface area contributed by atoms with E-state index in [4.69, 9.17) is 9.47 Å². The second-order valence-corrected chi connectivity index (χ2v) is 11.8. The van der Waals surface area contributed by atoms with Crippen LogP contribution >= 0.6 is 11.8 Å². The number of carbonyl (C=O) groups is 1. The van der Waals surface area contributed by atoms with Gasteiger partial charge in [-0.05, 0) is 63.3 Å². The van der Waals surface area contributed by atoms with Crippen LogP contribution in [0.1, 0.15) is 78.7 Å². The highest BCUT2D eigenvalue weighted by molar-refractivity contribution is 7.99. The van der Waals surface area contributed by atoms with Crippen LogP contribution in [0.2, 0.25) is 0 Å². The average molecular weight is 521 g/mol. The van der Waals surface area contributed by atoms with Crippen LogP contribution < -0.4 is 9.64 Å². The van der Waals surface area contributed by atoms with Gasteiger partial charge >= 0.3 is 5.97 Å². The summed E-state index contributed by atoms with van der Waals surface area (Å²) in [6, 6.07) is 16.6. The number of hydrogen-bond donors (Lipinski definition) is 0. The number of para-hydroxylation sites is 1. The summed E-state index contributed by atoms with van der Waals surface area (Å²) in [5, 5.41) is 9.97. The van der Waals surface area contributed by atoms with Crippen LogP contribution in [-0.2, 0) is 9.53 Å². The summed E-state index contributed by atoms with van der Waals surface area (Å²) >= 11 is 1.85. The Bertz CT molecular complexity index is 1110. The van der Waals surface area contributed by atoms with Crippen LogP contribution in [0, 0.1) is 16.7 Å². The number of carbonyl (C=O) groups excluding carboxylic acids is 1. The largest absolute Gasteiger partial charge is 0.463 e. The zero-order valence-electron chi connectivity index (χ0n) is 22.9. The van der Waals surface area contributed by atoms with Crippen molar-refractivity contribution in [3.63, 3.8) is 0 Å². The maximum Gasteiger partial charge on any atom is 0.334 e. The summed E-state index contributed by atoms with van der Waals surface area (Å²) in [6.07, 6.45) is 9.69. The second kappa shape index (κ2) is 13.1. The van der Waals surface area contributed by atoms with Gasteiger partial charge in [0.2, 0.25) is 0 Å². The molecule has 0 radical (unpaired) electrons. The van der Waals surface area contributed by atoms with Gasteiger partial charge in [0.1, 0.15) is 17.4 Å². The highest BCUT2D eigenvalue weighted by Crippen LogP contribution is 2.48. The summed E-state index contributed by atoms with van der Waals surface area (Å²) in [5.41, 5.74) is 2.19. The predicted octanol–water partition coefficient (Wildman–Crippen LogP) is 8.40. The Balaban J connectivity index is 1.99. The molecule has 37 heavy (non-hydrogen) atoms. The number of nitrogens with zero attached hydrogens (tertiary/aromatic N) is 2. The fraction of sp³-hybridized carbons (Fsp3) is 0.484. The molecule has 0 amide bonds. The third-order valence-electron chi connectivity index (χ3n) is 6.49. The minimum absolute atomic E-state index is 0.177. The lowest BCUT2D eigenvalue weighted by Gasteiger charge is -2.37. The summed E-state index contributed by atoms with van der Waals surface area (Å²) in [4.78, 5) is 15.5. The molecule has 1 heterocycles. The third kappa shape index (κ3) is 8.04. The van der Waals surface area contributed by atoms with Crippen molar-refractivity contribution in [1.29, 1.82) is 5.26 Å². The van der Waals surface area contributed by atoms with Crippen molar-refractivity contribution in [2.24, 2.45) is 5.41 Å². The molecule has 2 aromatic carbocycles. The molecule has 6 heteroatoms. The van der Waals surface area contributed by atoms with Gasteiger partial charge < -0.3 is 14.4 Å². The molecule has 0 unspecified atom stereocenters. The van der Waals surface area contributed by atoms with E-state index >= 15 is 0 Å². The van der Waals surface area contributed by atoms with Crippen molar-refractivity contribution in [3.05, 3.63) is 60.4 Å². The van der Waals surface area contributed by atoms with E-state index in [1.165, 1.54) is 50.9 Å². The number of hydrogen-bond acceptors (Lipinski definition) is 6. The molecule has 0 saturated heterocycles. The van der Waals surface area contributed by atoms with Crippen LogP contribution in [0.4, 0.5) is 11.4 Å². The van der Waals surface area contributed by atoms with Crippen molar-refractivity contribution >= 4 is 29.1 Å². The van der Waals surface area contributed by atoms with Crippen molar-refractivity contribution in [3.8, 4) is 11.8 Å². The fourth-order valence-corrected chi connectivity index (χ4v) is 5.98. The van der Waals surface area contributed by atoms with Crippen molar-refractivity contribution in [2.45, 2.75) is 83.6 Å². The number of thioether (sulfide) groups is 1. The molecule has 0 N–H and O–H groups in total. The summed E-state index contributed by atoms with van der Waals surface area (Å²) in [7, 11) is 0. The maximum absolute atomic E-state index is 12.1. The first-order chi connectivity index (χ1) is 17.7. The van der Waals surface area contributed by atoms with Crippen LogP contribution in [-0.4, -0.2) is 23.9 Å². The number of unbranched alkanes of at least 4 members (excludes halogenated alkanes) is 2. The molecule has 3 rings (SSSR count). The molecule has 0 spiro atoms. The zero-order chi connectivity index (χ0) is 26.9. The SMILES string of the molecule is CCCCC1(CCCC)CSc2cc(O/C=C/C(=O)OC(C)(C)C)c(C#N)cc2N(c2ccccc2)C1. The Hall–Kier alpha value is -2.91. The lowest BCUT2D eigenvalue weighted by molar-refractivity contribution is -0.148. The van der Waals surface area contributed by atoms with Crippen molar-refractivity contribution in [2.75, 3.05) is 17.2 Å². The summed E-state index contributed by atoms with van der Waals surface area (Å²) in [6.45, 7) is 10.9. The molecule has 5 nitrogen and oxygen atoms in total. The Morgan fingerprint density at radius 2 is 1.81 bits per heavy atom. The summed E-state index contributed by atoms with van der Waals surface area (Å²) in [5.74, 6) is 0.973. The van der Waals surface area contributed by atoms with Gasteiger partial charge in [0.25, 0.3) is 0 Å². The van der Waals surface area contributed by atoms with Gasteiger partial charge in [-0.2, -0.15) is 5.26 Å². The third-order valence-corrected chi connectivity index (χ3v) is 7.89. The predicted molar refractivity (Wildman–Crippen MR) is 152 cm³/mol. The first-order valence-electron chi connectivity index (χ1n) is 13.3. The van der Waals surface area contributed by atoms with E-state index in [9.17, 15) is 10.1 Å². The molecular formula is C31H40N2O3S. The standard InChI is InChI=1S/C31H40N2O3S/c1-6-8-16-31(17-9-7-2)22-33(25-13-11-10-12-14-25)26-19-24(21-32)27(20-28(26)37-23-31)35-18-15-29(34)36-30(3,4)5/h10-15,18-20H,6-9,16-17,22-23H2,1-5H3/b18-15+. The van der Waals surface area contributed by atoms with E-state index in [1.807, 2.05) is 50.7 Å². The molecule has 2 aromatic rings. The first kappa shape index (κ1) is 28.7. The monoisotopic (exact) mass is 520 g/mol. The number of benzene rings is 2.